The van der Waals surface area contributed by atoms with E-state index in [0.29, 0.717) is 18.8 Å². The Morgan fingerprint density at radius 3 is 2.73 bits per heavy atom. The molecule has 2 aromatic heterocycles. The highest BCUT2D eigenvalue weighted by Gasteiger charge is 2.38. The van der Waals surface area contributed by atoms with E-state index in [2.05, 4.69) is 4.98 Å². The van der Waals surface area contributed by atoms with Crippen LogP contribution in [0.3, 0.4) is 0 Å². The van der Waals surface area contributed by atoms with Gasteiger partial charge in [0.1, 0.15) is 11.4 Å². The van der Waals surface area contributed by atoms with Crippen molar-refractivity contribution in [2.45, 2.75) is 13.0 Å². The third-order valence-electron chi connectivity index (χ3n) is 5.99. The van der Waals surface area contributed by atoms with Crippen molar-refractivity contribution in [1.29, 1.82) is 0 Å². The monoisotopic (exact) mass is 440 g/mol. The van der Waals surface area contributed by atoms with E-state index in [4.69, 9.17) is 4.74 Å². The number of hydrogen-bond donors (Lipinski definition) is 0. The average Bonchev–Trinajstić information content (AvgIpc) is 3.46. The van der Waals surface area contributed by atoms with Crippen LogP contribution in [-0.2, 0) is 16.1 Å². The molecular weight excluding hydrogens is 416 g/mol. The molecule has 2 aromatic carbocycles. The van der Waals surface area contributed by atoms with Crippen molar-refractivity contribution < 1.29 is 14.3 Å². The van der Waals surface area contributed by atoms with Crippen LogP contribution >= 0.6 is 0 Å². The fourth-order valence-electron chi connectivity index (χ4n) is 4.29. The summed E-state index contributed by atoms with van der Waals surface area (Å²) in [5, 5.41) is 0. The van der Waals surface area contributed by atoms with Gasteiger partial charge in [0.25, 0.3) is 0 Å². The maximum absolute atomic E-state index is 13.7. The zero-order valence-electron chi connectivity index (χ0n) is 18.3. The zero-order chi connectivity index (χ0) is 22.8. The molecule has 1 aliphatic rings. The molecule has 5 rings (SSSR count). The number of imidazole rings is 1. The number of fused-ring (bicyclic) bond motifs is 1. The second-order valence-electron chi connectivity index (χ2n) is 8.05. The van der Waals surface area contributed by atoms with Crippen molar-refractivity contribution in [3.63, 3.8) is 0 Å². The number of para-hydroxylation sites is 1. The molecule has 166 valence electrons. The highest BCUT2D eigenvalue weighted by Crippen LogP contribution is 2.30. The van der Waals surface area contributed by atoms with Gasteiger partial charge < -0.3 is 18.9 Å². The number of nitrogens with zero attached hydrogens (tertiary/aromatic N) is 4. The Morgan fingerprint density at radius 2 is 1.91 bits per heavy atom. The number of ether oxygens (including phenoxy) is 1. The first-order valence-electron chi connectivity index (χ1n) is 10.9. The van der Waals surface area contributed by atoms with Crippen molar-refractivity contribution in [3.05, 3.63) is 90.9 Å². The maximum atomic E-state index is 13.7. The van der Waals surface area contributed by atoms with Gasteiger partial charge in [-0.3, -0.25) is 9.59 Å². The van der Waals surface area contributed by atoms with E-state index in [-0.39, 0.29) is 18.2 Å². The summed E-state index contributed by atoms with van der Waals surface area (Å²) in [6.45, 7) is 0.694. The van der Waals surface area contributed by atoms with Crippen LogP contribution in [-0.4, -0.2) is 34.9 Å². The molecule has 1 saturated heterocycles. The third kappa shape index (κ3) is 4.05. The number of pyridine rings is 1. The van der Waals surface area contributed by atoms with E-state index in [1.54, 1.807) is 23.1 Å². The quantitative estimate of drug-likeness (QED) is 0.456. The average molecular weight is 441 g/mol. The van der Waals surface area contributed by atoms with Crippen molar-refractivity contribution in [1.82, 2.24) is 9.38 Å². The van der Waals surface area contributed by atoms with Gasteiger partial charge in [-0.1, -0.05) is 30.3 Å². The van der Waals surface area contributed by atoms with Crippen LogP contribution in [0.15, 0.2) is 85.2 Å². The lowest BCUT2D eigenvalue weighted by atomic mass is 10.1. The highest BCUT2D eigenvalue weighted by atomic mass is 16.5. The Labute approximate surface area is 191 Å². The molecule has 0 bridgehead atoms. The number of aromatic nitrogens is 2. The van der Waals surface area contributed by atoms with Crippen LogP contribution in [0.5, 0.6) is 5.75 Å². The minimum Gasteiger partial charge on any atom is -0.497 e. The Bertz CT molecular complexity index is 1300. The molecular formula is C26H24N4O3. The van der Waals surface area contributed by atoms with E-state index in [0.717, 1.165) is 22.7 Å². The number of anilines is 2. The lowest BCUT2D eigenvalue weighted by molar-refractivity contribution is -0.124. The molecule has 1 aliphatic heterocycles. The van der Waals surface area contributed by atoms with Crippen molar-refractivity contribution >= 4 is 28.8 Å². The smallest absolute Gasteiger partial charge is 0.232 e. The fraction of sp³-hybridized carbons (Fsp3) is 0.192. The lowest BCUT2D eigenvalue weighted by Crippen LogP contribution is -2.37. The lowest BCUT2D eigenvalue weighted by Gasteiger charge is -2.26. The third-order valence-corrected chi connectivity index (χ3v) is 5.99. The summed E-state index contributed by atoms with van der Waals surface area (Å²) in [6, 6.07) is 22.7. The van der Waals surface area contributed by atoms with E-state index in [1.807, 2.05) is 83.4 Å². The SMILES string of the molecule is COc1cccc(N2CC(C(=O)N(Cc3cnc4ccccn34)c3ccccc3)CC2=O)c1. The largest absolute Gasteiger partial charge is 0.497 e. The molecule has 3 heterocycles. The van der Waals surface area contributed by atoms with Crippen LogP contribution in [0.2, 0.25) is 0 Å². The molecule has 2 amide bonds. The van der Waals surface area contributed by atoms with Gasteiger partial charge in [0.15, 0.2) is 0 Å². The van der Waals surface area contributed by atoms with Crippen LogP contribution in [0.25, 0.3) is 5.65 Å². The molecule has 0 radical (unpaired) electrons. The van der Waals surface area contributed by atoms with Gasteiger partial charge in [0.2, 0.25) is 11.8 Å². The summed E-state index contributed by atoms with van der Waals surface area (Å²) in [7, 11) is 1.59. The standard InChI is InChI=1S/C26H24N4O3/c1-33-23-11-7-10-21(15-23)29-17-19(14-25(29)31)26(32)30(20-8-3-2-4-9-20)18-22-16-27-24-12-5-6-13-28(22)24/h2-13,15-16,19H,14,17-18H2,1H3. The number of carbonyl (C=O) groups is 2. The number of methoxy groups -OCH3 is 1. The second-order valence-corrected chi connectivity index (χ2v) is 8.05. The molecule has 1 atom stereocenters. The summed E-state index contributed by atoms with van der Waals surface area (Å²) >= 11 is 0. The molecule has 0 saturated carbocycles. The van der Waals surface area contributed by atoms with Gasteiger partial charge in [0, 0.05) is 36.6 Å². The molecule has 0 N–H and O–H groups in total. The Morgan fingerprint density at radius 1 is 1.09 bits per heavy atom. The number of hydrogen-bond acceptors (Lipinski definition) is 4. The van der Waals surface area contributed by atoms with Crippen LogP contribution < -0.4 is 14.5 Å². The Kier molecular flexibility index (Phi) is 5.52. The van der Waals surface area contributed by atoms with E-state index in [1.165, 1.54) is 0 Å². The van der Waals surface area contributed by atoms with E-state index in [9.17, 15) is 9.59 Å². The summed E-state index contributed by atoms with van der Waals surface area (Å²) in [6.07, 6.45) is 3.91. The Balaban J connectivity index is 1.43. The van der Waals surface area contributed by atoms with E-state index < -0.39 is 5.92 Å². The molecule has 33 heavy (non-hydrogen) atoms. The van der Waals surface area contributed by atoms with Gasteiger partial charge in [-0.2, -0.15) is 0 Å². The number of amides is 2. The van der Waals surface area contributed by atoms with Gasteiger partial charge in [-0.15, -0.1) is 0 Å². The summed E-state index contributed by atoms with van der Waals surface area (Å²) < 4.78 is 7.27. The van der Waals surface area contributed by atoms with Gasteiger partial charge in [-0.05, 0) is 36.4 Å². The summed E-state index contributed by atoms with van der Waals surface area (Å²) in [5.74, 6) is 0.0898. The molecule has 1 unspecified atom stereocenters. The minimum atomic E-state index is -0.442. The van der Waals surface area contributed by atoms with Crippen molar-refractivity contribution in [3.8, 4) is 5.75 Å². The fourth-order valence-corrected chi connectivity index (χ4v) is 4.29. The van der Waals surface area contributed by atoms with Crippen LogP contribution in [0.4, 0.5) is 11.4 Å². The maximum Gasteiger partial charge on any atom is 0.232 e. The Hall–Kier alpha value is -4.13. The zero-order valence-corrected chi connectivity index (χ0v) is 18.3. The molecule has 7 nitrogen and oxygen atoms in total. The normalized spacial score (nSPS) is 15.7. The molecule has 1 fully saturated rings. The topological polar surface area (TPSA) is 67.2 Å². The van der Waals surface area contributed by atoms with Gasteiger partial charge in [0.05, 0.1) is 31.5 Å². The predicted octanol–water partition coefficient (Wildman–Crippen LogP) is 3.93. The first-order valence-corrected chi connectivity index (χ1v) is 10.9. The number of rotatable bonds is 6. The highest BCUT2D eigenvalue weighted by molar-refractivity contribution is 6.04. The summed E-state index contributed by atoms with van der Waals surface area (Å²) in [4.78, 5) is 34.5. The van der Waals surface area contributed by atoms with Crippen LogP contribution in [0, 0.1) is 5.92 Å². The van der Waals surface area contributed by atoms with Crippen molar-refractivity contribution in [2.75, 3.05) is 23.5 Å². The summed E-state index contributed by atoms with van der Waals surface area (Å²) in [5.41, 5.74) is 3.26. The van der Waals surface area contributed by atoms with Gasteiger partial charge in [-0.25, -0.2) is 4.98 Å². The first kappa shape index (κ1) is 20.8. The minimum absolute atomic E-state index is 0.0654. The molecule has 0 aliphatic carbocycles. The predicted molar refractivity (Wildman–Crippen MR) is 126 cm³/mol. The second kappa shape index (κ2) is 8.78. The van der Waals surface area contributed by atoms with E-state index >= 15 is 0 Å². The van der Waals surface area contributed by atoms with Crippen LogP contribution in [0.1, 0.15) is 12.1 Å². The number of carbonyl (C=O) groups excluding carboxylic acids is 2. The molecule has 0 spiro atoms. The molecule has 4 aromatic rings. The molecule has 7 heteroatoms. The van der Waals surface area contributed by atoms with Crippen molar-refractivity contribution in [2.24, 2.45) is 5.92 Å². The van der Waals surface area contributed by atoms with Gasteiger partial charge >= 0.3 is 0 Å². The first-order chi connectivity index (χ1) is 16.1. The number of benzene rings is 2.